The summed E-state index contributed by atoms with van der Waals surface area (Å²) < 4.78 is 0. The van der Waals surface area contributed by atoms with Crippen LogP contribution in [-0.2, 0) is 36.8 Å². The van der Waals surface area contributed by atoms with E-state index in [0.717, 1.165) is 22.0 Å². The summed E-state index contributed by atoms with van der Waals surface area (Å²) in [6.45, 7) is 4.38. The van der Waals surface area contributed by atoms with E-state index in [1.54, 1.807) is 26.0 Å². The van der Waals surface area contributed by atoms with Crippen LogP contribution in [0.3, 0.4) is 0 Å². The highest BCUT2D eigenvalue weighted by Crippen LogP contribution is 2.18. The number of nitrogens with one attached hydrogen (secondary N) is 1. The van der Waals surface area contributed by atoms with Gasteiger partial charge in [0.2, 0.25) is 0 Å². The molecule has 0 aliphatic heterocycles. The van der Waals surface area contributed by atoms with E-state index < -0.39 is 72.8 Å². The van der Waals surface area contributed by atoms with E-state index in [0.29, 0.717) is 6.42 Å². The van der Waals surface area contributed by atoms with Crippen molar-refractivity contribution in [3.63, 3.8) is 0 Å². The minimum absolute atomic E-state index is 0.0208. The van der Waals surface area contributed by atoms with Crippen LogP contribution in [0.5, 0.6) is 5.75 Å². The van der Waals surface area contributed by atoms with Gasteiger partial charge in [-0.15, -0.1) is 0 Å². The molecule has 0 aliphatic carbocycles. The molecule has 3 rings (SSSR count). The lowest BCUT2D eigenvalue weighted by Crippen LogP contribution is -2.39. The maximum atomic E-state index is 10.6. The van der Waals surface area contributed by atoms with Gasteiger partial charge in [-0.3, -0.25) is 24.0 Å². The molecule has 0 fully saturated rings. The van der Waals surface area contributed by atoms with Crippen molar-refractivity contribution in [1.82, 2.24) is 4.98 Å². The third-order valence-corrected chi connectivity index (χ3v) is 6.46. The number of aromatic hydroxyl groups is 1. The van der Waals surface area contributed by atoms with E-state index >= 15 is 0 Å². The van der Waals surface area contributed by atoms with Crippen molar-refractivity contribution >= 4 is 40.7 Å². The van der Waals surface area contributed by atoms with Crippen molar-refractivity contribution in [2.45, 2.75) is 69.9 Å². The monoisotopic (exact) mass is 726 g/mol. The minimum Gasteiger partial charge on any atom is -0.508 e. The second-order valence-corrected chi connectivity index (χ2v) is 11.2. The molecule has 19 nitrogen and oxygen atoms in total. The predicted molar refractivity (Wildman–Crippen MR) is 185 cm³/mol. The number of aliphatic hydroxyl groups is 2. The zero-order valence-corrected chi connectivity index (χ0v) is 28.4. The average Bonchev–Trinajstić information content (AvgIpc) is 3.47. The number of hydrogen-bond acceptors (Lipinski definition) is 13. The summed E-state index contributed by atoms with van der Waals surface area (Å²) in [5.74, 6) is -5.10. The fourth-order valence-electron chi connectivity index (χ4n) is 3.17. The average molecular weight is 727 g/mol. The Labute approximate surface area is 293 Å². The number of aliphatic hydroxyl groups excluding tert-OH is 2. The molecule has 6 atom stereocenters. The highest BCUT2D eigenvalue weighted by Gasteiger charge is 2.17. The number of nitrogens with two attached hydrogens (primary N) is 5. The van der Waals surface area contributed by atoms with Crippen molar-refractivity contribution in [3.8, 4) is 5.75 Å². The van der Waals surface area contributed by atoms with Gasteiger partial charge < -0.3 is 74.5 Å². The third-order valence-electron chi connectivity index (χ3n) is 6.46. The lowest BCUT2D eigenvalue weighted by molar-refractivity contribution is -0.141. The zero-order chi connectivity index (χ0) is 40.0. The summed E-state index contributed by atoms with van der Waals surface area (Å²) >= 11 is 0. The fourth-order valence-corrected chi connectivity index (χ4v) is 3.17. The van der Waals surface area contributed by atoms with E-state index in [2.05, 4.69) is 4.98 Å². The highest BCUT2D eigenvalue weighted by molar-refractivity contribution is 5.84. The maximum absolute atomic E-state index is 10.6. The molecule has 1 heterocycles. The molecule has 0 spiro atoms. The molecule has 0 amide bonds. The van der Waals surface area contributed by atoms with Crippen LogP contribution in [0.1, 0.15) is 31.9 Å². The molecule has 0 aliphatic rings. The number of H-pyrrole nitrogens is 1. The van der Waals surface area contributed by atoms with Crippen LogP contribution in [0.4, 0.5) is 0 Å². The molecule has 0 radical (unpaired) electrons. The fraction of sp³-hybridized carbons (Fsp3) is 0.406. The molecule has 1 aromatic heterocycles. The number of carbonyl (C=O) groups is 5. The van der Waals surface area contributed by atoms with Crippen molar-refractivity contribution in [2.75, 3.05) is 6.61 Å². The smallest absolute Gasteiger partial charge is 0.323 e. The van der Waals surface area contributed by atoms with Crippen molar-refractivity contribution in [2.24, 2.45) is 34.6 Å². The van der Waals surface area contributed by atoms with Gasteiger partial charge in [0.1, 0.15) is 36.0 Å². The maximum Gasteiger partial charge on any atom is 0.323 e. The SMILES string of the molecule is CC(C)[C@H](N)C(=O)O.CC(O)[C@H](N)C(=O)O.N[C@@H](CO)C(=O)O.N[C@@H](Cc1c[nH]c2ccccc12)C(=O)O.N[C@@H](Cc1ccc(O)cc1)C(=O)O. The van der Waals surface area contributed by atoms with Crippen molar-refractivity contribution in [1.29, 1.82) is 0 Å². The van der Waals surface area contributed by atoms with Crippen LogP contribution in [0, 0.1) is 5.92 Å². The molecule has 2 aromatic carbocycles. The molecule has 1 unspecified atom stereocenters. The second-order valence-electron chi connectivity index (χ2n) is 11.2. The number of benzene rings is 2. The lowest BCUT2D eigenvalue weighted by Gasteiger charge is -2.07. The quantitative estimate of drug-likeness (QED) is 0.103. The number of aromatic nitrogens is 1. The van der Waals surface area contributed by atoms with Gasteiger partial charge in [-0.05, 0) is 48.6 Å². The topological polar surface area (TPSA) is 393 Å². The summed E-state index contributed by atoms with van der Waals surface area (Å²) in [7, 11) is 0. The number of para-hydroxylation sites is 1. The zero-order valence-electron chi connectivity index (χ0n) is 28.4. The molecule has 0 saturated heterocycles. The van der Waals surface area contributed by atoms with E-state index in [9.17, 15) is 24.0 Å². The molecule has 19 heteroatoms. The summed E-state index contributed by atoms with van der Waals surface area (Å²) in [6, 6.07) is 9.34. The van der Waals surface area contributed by atoms with Gasteiger partial charge in [0, 0.05) is 23.5 Å². The first kappa shape index (κ1) is 48.0. The van der Waals surface area contributed by atoms with Gasteiger partial charge in [0.25, 0.3) is 0 Å². The molecule has 0 saturated carbocycles. The second kappa shape index (κ2) is 24.9. The summed E-state index contributed by atoms with van der Waals surface area (Å²) in [5.41, 5.74) is 28.4. The molecule has 51 heavy (non-hydrogen) atoms. The molecule has 3 aromatic rings. The number of hydrogen-bond donors (Lipinski definition) is 14. The number of phenols is 1. The predicted octanol–water partition coefficient (Wildman–Crippen LogP) is -1.31. The van der Waals surface area contributed by atoms with Gasteiger partial charge in [-0.2, -0.15) is 0 Å². The van der Waals surface area contributed by atoms with Crippen molar-refractivity contribution in [3.05, 3.63) is 65.9 Å². The lowest BCUT2D eigenvalue weighted by atomic mass is 10.1. The summed E-state index contributed by atoms with van der Waals surface area (Å²) in [5, 5.41) is 67.9. The number of carboxylic acids is 5. The van der Waals surface area contributed by atoms with E-state index in [1.807, 2.05) is 30.5 Å². The first-order chi connectivity index (χ1) is 23.6. The van der Waals surface area contributed by atoms with Gasteiger partial charge in [0.05, 0.1) is 12.7 Å². The Hall–Kier alpha value is -5.15. The Balaban J connectivity index is 0. The Morgan fingerprint density at radius 2 is 1.10 bits per heavy atom. The number of aliphatic carboxylic acids is 5. The number of phenolic OH excluding ortho intramolecular Hbond substituents is 1. The van der Waals surface area contributed by atoms with Crippen molar-refractivity contribution < 1.29 is 64.8 Å². The summed E-state index contributed by atoms with van der Waals surface area (Å²) in [6.07, 6.45) is 1.45. The number of fused-ring (bicyclic) bond motifs is 1. The van der Waals surface area contributed by atoms with Crippen LogP contribution in [0.2, 0.25) is 0 Å². The van der Waals surface area contributed by atoms with Crippen LogP contribution in [0.25, 0.3) is 10.9 Å². The number of aromatic amines is 1. The molecule has 0 bridgehead atoms. The largest absolute Gasteiger partial charge is 0.508 e. The summed E-state index contributed by atoms with van der Waals surface area (Å²) in [4.78, 5) is 53.6. The number of rotatable bonds is 12. The number of carboxylic acid groups (broad SMARTS) is 5. The van der Waals surface area contributed by atoms with Gasteiger partial charge in [0.15, 0.2) is 0 Å². The minimum atomic E-state index is -1.18. The Kier molecular flexibility index (Phi) is 23.4. The van der Waals surface area contributed by atoms with Crippen LogP contribution in [-0.4, -0.2) is 119 Å². The van der Waals surface area contributed by atoms with Crippen LogP contribution in [0.15, 0.2) is 54.7 Å². The molecular weight excluding hydrogens is 676 g/mol. The van der Waals surface area contributed by atoms with E-state index in [1.165, 1.54) is 19.1 Å². The Bertz CT molecular complexity index is 1470. The standard InChI is InChI=1S/C11H12N2O2.C9H11NO3.C5H11NO2.C4H9NO3.C3H7NO3/c12-9(11(14)15)5-7-6-13-10-4-2-1-3-8(7)10;10-8(9(12)13)5-6-1-3-7(11)4-2-6;1-3(2)4(6)5(7)8;1-2(6)3(5)4(7)8;4-2(1-5)3(6)7/h1-4,6,9,13H,5,12H2,(H,14,15);1-4,8,11H,5,10H2,(H,12,13);3-4H,6H2,1-2H3,(H,7,8);2-3,6H,5H2,1H3,(H,7,8);2,5H,1,4H2,(H,6,7)/t9-;8-;4-;2?,3-;2-/m00000/s1. The van der Waals surface area contributed by atoms with Crippen LogP contribution >= 0.6 is 0 Å². The van der Waals surface area contributed by atoms with Gasteiger partial charge >= 0.3 is 29.8 Å². The van der Waals surface area contributed by atoms with E-state index in [-0.39, 0.29) is 18.1 Å². The van der Waals surface area contributed by atoms with Crippen LogP contribution < -0.4 is 28.7 Å². The van der Waals surface area contributed by atoms with Gasteiger partial charge in [-0.25, -0.2) is 0 Å². The normalized spacial score (nSPS) is 13.7. The first-order valence-electron chi connectivity index (χ1n) is 15.1. The first-order valence-corrected chi connectivity index (χ1v) is 15.1. The van der Waals surface area contributed by atoms with Gasteiger partial charge in [-0.1, -0.05) is 44.2 Å². The Morgan fingerprint density at radius 1 is 0.647 bits per heavy atom. The van der Waals surface area contributed by atoms with E-state index in [4.69, 9.17) is 69.5 Å². The Morgan fingerprint density at radius 3 is 1.43 bits per heavy atom. The highest BCUT2D eigenvalue weighted by atomic mass is 16.4. The third kappa shape index (κ3) is 20.8. The molecule has 19 N–H and O–H groups in total. The molecule has 286 valence electrons. The molecular formula is C32H50N6O13.